The number of aliphatic hydroxyl groups is 1. The van der Waals surface area contributed by atoms with Crippen LogP contribution in [-0.4, -0.2) is 16.4 Å². The fraction of sp³-hybridized carbons (Fsp3) is 0.250. The largest absolute Gasteiger partial charge is 0.480 e. The van der Waals surface area contributed by atoms with Crippen LogP contribution in [0.2, 0.25) is 0 Å². The lowest BCUT2D eigenvalue weighted by Crippen LogP contribution is -2.19. The molecular formula is C20H23NO2. The first-order chi connectivity index (χ1) is 10.9. The molecule has 0 aliphatic rings. The molecule has 1 N–H and O–H groups in total. The Balaban J connectivity index is 2.48. The van der Waals surface area contributed by atoms with Gasteiger partial charge in [-0.1, -0.05) is 60.7 Å². The number of ether oxygens (including phenoxy) is 1. The maximum atomic E-state index is 10.1. The monoisotopic (exact) mass is 309 g/mol. The molecule has 0 aliphatic heterocycles. The molecule has 3 nitrogen and oxygen atoms in total. The van der Waals surface area contributed by atoms with Gasteiger partial charge in [0.1, 0.15) is 11.3 Å². The molecule has 0 atom stereocenters. The van der Waals surface area contributed by atoms with Gasteiger partial charge in [-0.05, 0) is 27.7 Å². The molecule has 0 fully saturated rings. The number of rotatable bonds is 4. The number of aliphatic imine (C=N–C) groups is 1. The van der Waals surface area contributed by atoms with Crippen LogP contribution < -0.4 is 0 Å². The Hall–Kier alpha value is -2.55. The Morgan fingerprint density at radius 1 is 0.870 bits per heavy atom. The highest BCUT2D eigenvalue weighted by Gasteiger charge is 2.15. The Morgan fingerprint density at radius 2 is 1.30 bits per heavy atom. The predicted molar refractivity (Wildman–Crippen MR) is 94.7 cm³/mol. The van der Waals surface area contributed by atoms with E-state index in [1.807, 2.05) is 81.4 Å². The summed E-state index contributed by atoms with van der Waals surface area (Å²) < 4.78 is 5.50. The lowest BCUT2D eigenvalue weighted by Gasteiger charge is -2.20. The van der Waals surface area contributed by atoms with Gasteiger partial charge in [-0.15, -0.1) is 0 Å². The Morgan fingerprint density at radius 3 is 1.70 bits per heavy atom. The minimum atomic E-state index is -0.472. The zero-order valence-electron chi connectivity index (χ0n) is 14.1. The van der Waals surface area contributed by atoms with Crippen molar-refractivity contribution >= 4 is 5.71 Å². The molecule has 3 heteroatoms. The molecular weight excluding hydrogens is 286 g/mol. The van der Waals surface area contributed by atoms with Gasteiger partial charge < -0.3 is 9.84 Å². The van der Waals surface area contributed by atoms with E-state index in [2.05, 4.69) is 4.99 Å². The van der Waals surface area contributed by atoms with Crippen LogP contribution in [0.3, 0.4) is 0 Å². The van der Waals surface area contributed by atoms with Crippen molar-refractivity contribution < 1.29 is 9.84 Å². The van der Waals surface area contributed by atoms with Crippen LogP contribution in [0.4, 0.5) is 0 Å². The summed E-state index contributed by atoms with van der Waals surface area (Å²) in [4.78, 5) is 4.62. The molecule has 2 rings (SSSR count). The topological polar surface area (TPSA) is 41.8 Å². The first kappa shape index (κ1) is 16.8. The molecule has 0 spiro atoms. The third kappa shape index (κ3) is 4.99. The third-order valence-corrected chi connectivity index (χ3v) is 3.09. The second-order valence-corrected chi connectivity index (χ2v) is 6.30. The van der Waals surface area contributed by atoms with Crippen LogP contribution in [0.25, 0.3) is 0 Å². The van der Waals surface area contributed by atoms with E-state index in [4.69, 9.17) is 4.74 Å². The molecule has 0 heterocycles. The van der Waals surface area contributed by atoms with Gasteiger partial charge in [-0.3, -0.25) is 0 Å². The maximum absolute atomic E-state index is 10.1. The van der Waals surface area contributed by atoms with Crippen molar-refractivity contribution in [2.45, 2.75) is 33.3 Å². The average molecular weight is 309 g/mol. The molecule has 0 aromatic heterocycles. The van der Waals surface area contributed by atoms with Gasteiger partial charge in [0.25, 0.3) is 5.95 Å². The molecule has 0 unspecified atom stereocenters. The second-order valence-electron chi connectivity index (χ2n) is 6.30. The molecule has 0 bridgehead atoms. The summed E-state index contributed by atoms with van der Waals surface area (Å²) in [6.45, 7) is 7.40. The lowest BCUT2D eigenvalue weighted by atomic mass is 10.0. The SMILES string of the molecule is C/C(N=C(c1ccccc1)c1ccccc1)=C(/O)OC(C)(C)C. The van der Waals surface area contributed by atoms with E-state index >= 15 is 0 Å². The molecule has 0 saturated heterocycles. The van der Waals surface area contributed by atoms with E-state index in [9.17, 15) is 5.11 Å². The summed E-state index contributed by atoms with van der Waals surface area (Å²) in [5, 5.41) is 10.1. The number of nitrogens with zero attached hydrogens (tertiary/aromatic N) is 1. The van der Waals surface area contributed by atoms with Gasteiger partial charge in [0, 0.05) is 11.1 Å². The average Bonchev–Trinajstić information content (AvgIpc) is 2.52. The summed E-state index contributed by atoms with van der Waals surface area (Å²) in [7, 11) is 0. The first-order valence-electron chi connectivity index (χ1n) is 7.65. The van der Waals surface area contributed by atoms with Crippen molar-refractivity contribution in [3.8, 4) is 0 Å². The summed E-state index contributed by atoms with van der Waals surface area (Å²) in [5.41, 5.74) is 2.75. The molecule has 0 amide bonds. The maximum Gasteiger partial charge on any atom is 0.299 e. The van der Waals surface area contributed by atoms with Gasteiger partial charge in [0.15, 0.2) is 0 Å². The van der Waals surface area contributed by atoms with Crippen molar-refractivity contribution in [1.82, 2.24) is 0 Å². The number of hydrogen-bond donors (Lipinski definition) is 1. The molecule has 23 heavy (non-hydrogen) atoms. The fourth-order valence-corrected chi connectivity index (χ4v) is 2.07. The molecule has 120 valence electrons. The highest BCUT2D eigenvalue weighted by atomic mass is 16.6. The van der Waals surface area contributed by atoms with Crippen molar-refractivity contribution in [2.75, 3.05) is 0 Å². The molecule has 0 radical (unpaired) electrons. The Kier molecular flexibility index (Phi) is 5.22. The van der Waals surface area contributed by atoms with Gasteiger partial charge >= 0.3 is 0 Å². The van der Waals surface area contributed by atoms with Gasteiger partial charge in [-0.2, -0.15) is 0 Å². The van der Waals surface area contributed by atoms with Gasteiger partial charge in [0.05, 0.1) is 5.71 Å². The van der Waals surface area contributed by atoms with Gasteiger partial charge in [0.2, 0.25) is 0 Å². The molecule has 2 aromatic rings. The zero-order valence-corrected chi connectivity index (χ0v) is 14.1. The number of benzene rings is 2. The number of hydrogen-bond acceptors (Lipinski definition) is 3. The zero-order chi connectivity index (χ0) is 16.9. The number of allylic oxidation sites excluding steroid dienone is 1. The molecule has 2 aromatic carbocycles. The summed E-state index contributed by atoms with van der Waals surface area (Å²) in [6.07, 6.45) is 0. The standard InChI is InChI=1S/C20H23NO2/c1-15(19(22)23-20(2,3)4)21-18(16-11-7-5-8-12-16)17-13-9-6-10-14-17/h5-14,22H,1-4H3/b19-15+. The minimum absolute atomic E-state index is 0.151. The van der Waals surface area contributed by atoms with Gasteiger partial charge in [-0.25, -0.2) is 4.99 Å². The Labute approximate surface area is 138 Å². The van der Waals surface area contributed by atoms with Crippen LogP contribution in [0.15, 0.2) is 77.3 Å². The van der Waals surface area contributed by atoms with Crippen molar-refractivity contribution in [3.63, 3.8) is 0 Å². The smallest absolute Gasteiger partial charge is 0.299 e. The summed E-state index contributed by atoms with van der Waals surface area (Å²) >= 11 is 0. The van der Waals surface area contributed by atoms with E-state index in [0.29, 0.717) is 5.70 Å². The third-order valence-electron chi connectivity index (χ3n) is 3.09. The van der Waals surface area contributed by atoms with Crippen LogP contribution in [0.5, 0.6) is 0 Å². The minimum Gasteiger partial charge on any atom is -0.480 e. The predicted octanol–water partition coefficient (Wildman–Crippen LogP) is 5.09. The highest BCUT2D eigenvalue weighted by molar-refractivity contribution is 6.13. The summed E-state index contributed by atoms with van der Waals surface area (Å²) in [5.74, 6) is -0.151. The first-order valence-corrected chi connectivity index (χ1v) is 7.65. The normalized spacial score (nSPS) is 12.3. The van der Waals surface area contributed by atoms with E-state index in [0.717, 1.165) is 16.8 Å². The summed E-state index contributed by atoms with van der Waals surface area (Å²) in [6, 6.07) is 19.8. The van der Waals surface area contributed by atoms with Crippen LogP contribution >= 0.6 is 0 Å². The quantitative estimate of drug-likeness (QED) is 0.631. The lowest BCUT2D eigenvalue weighted by molar-refractivity contribution is -0.0173. The Bertz CT molecular complexity index is 654. The van der Waals surface area contributed by atoms with Crippen molar-refractivity contribution in [3.05, 3.63) is 83.4 Å². The van der Waals surface area contributed by atoms with E-state index < -0.39 is 5.60 Å². The molecule has 0 saturated carbocycles. The van der Waals surface area contributed by atoms with E-state index in [1.54, 1.807) is 6.92 Å². The van der Waals surface area contributed by atoms with Crippen molar-refractivity contribution in [1.29, 1.82) is 0 Å². The number of aliphatic hydroxyl groups excluding tert-OH is 1. The van der Waals surface area contributed by atoms with Crippen LogP contribution in [-0.2, 0) is 4.74 Å². The van der Waals surface area contributed by atoms with E-state index in [-0.39, 0.29) is 5.95 Å². The van der Waals surface area contributed by atoms with Crippen LogP contribution in [0, 0.1) is 0 Å². The van der Waals surface area contributed by atoms with Crippen molar-refractivity contribution in [2.24, 2.45) is 4.99 Å². The van der Waals surface area contributed by atoms with E-state index in [1.165, 1.54) is 0 Å². The van der Waals surface area contributed by atoms with Crippen LogP contribution in [0.1, 0.15) is 38.8 Å². The second kappa shape index (κ2) is 7.14. The highest BCUT2D eigenvalue weighted by Crippen LogP contribution is 2.18. The fourth-order valence-electron chi connectivity index (χ4n) is 2.07. The molecule has 0 aliphatic carbocycles.